The number of carboxylic acids is 1. The second-order valence-electron chi connectivity index (χ2n) is 4.62. The van der Waals surface area contributed by atoms with Gasteiger partial charge in [0, 0.05) is 6.42 Å². The summed E-state index contributed by atoms with van der Waals surface area (Å²) in [5.74, 6) is 0.372. The van der Waals surface area contributed by atoms with E-state index in [0.29, 0.717) is 23.4 Å². The van der Waals surface area contributed by atoms with Crippen molar-refractivity contribution in [1.29, 1.82) is 0 Å². The van der Waals surface area contributed by atoms with Crippen molar-refractivity contribution in [2.75, 3.05) is 7.11 Å². The number of nitrogens with zero attached hydrogens (tertiary/aromatic N) is 1. The highest BCUT2D eigenvalue weighted by Gasteiger charge is 2.10. The lowest BCUT2D eigenvalue weighted by Crippen LogP contribution is -1.94. The van der Waals surface area contributed by atoms with Gasteiger partial charge in [-0.1, -0.05) is 12.1 Å². The summed E-state index contributed by atoms with van der Waals surface area (Å²) in [5.41, 5.74) is 2.38. The van der Waals surface area contributed by atoms with Gasteiger partial charge < -0.3 is 14.3 Å². The highest BCUT2D eigenvalue weighted by atomic mass is 16.5. The second kappa shape index (κ2) is 5.28. The average Bonchev–Trinajstić information content (AvgIpc) is 2.89. The van der Waals surface area contributed by atoms with E-state index in [1.807, 2.05) is 24.3 Å². The van der Waals surface area contributed by atoms with E-state index in [1.54, 1.807) is 13.2 Å². The molecule has 0 atom stereocenters. The first kappa shape index (κ1) is 13.2. The number of aromatic carboxylic acids is 1. The van der Waals surface area contributed by atoms with Crippen LogP contribution in [0.5, 0.6) is 5.75 Å². The maximum Gasteiger partial charge on any atom is 0.335 e. The normalized spacial score (nSPS) is 10.7. The lowest BCUT2D eigenvalue weighted by Gasteiger charge is -2.00. The smallest absolute Gasteiger partial charge is 0.335 e. The molecule has 0 amide bonds. The average molecular weight is 283 g/mol. The molecule has 0 aliphatic carbocycles. The van der Waals surface area contributed by atoms with Crippen LogP contribution in [0.1, 0.15) is 21.8 Å². The number of fused-ring (bicyclic) bond motifs is 1. The van der Waals surface area contributed by atoms with Gasteiger partial charge in [0.2, 0.25) is 0 Å². The van der Waals surface area contributed by atoms with Gasteiger partial charge in [-0.05, 0) is 35.9 Å². The molecule has 0 unspecified atom stereocenters. The fraction of sp³-hybridized carbons (Fsp3) is 0.125. The minimum atomic E-state index is -0.975. The molecule has 5 nitrogen and oxygen atoms in total. The molecule has 21 heavy (non-hydrogen) atoms. The fourth-order valence-electron chi connectivity index (χ4n) is 2.10. The maximum atomic E-state index is 10.9. The molecule has 0 radical (unpaired) electrons. The number of oxazole rings is 1. The number of hydrogen-bond donors (Lipinski definition) is 1. The Balaban J connectivity index is 1.88. The van der Waals surface area contributed by atoms with Crippen molar-refractivity contribution in [3.05, 3.63) is 59.5 Å². The SMILES string of the molecule is COc1ccc(Cc2nc3cc(C(=O)O)ccc3o2)cc1. The van der Waals surface area contributed by atoms with Crippen molar-refractivity contribution in [3.63, 3.8) is 0 Å². The third kappa shape index (κ3) is 2.72. The second-order valence-corrected chi connectivity index (χ2v) is 4.62. The first-order valence-electron chi connectivity index (χ1n) is 6.41. The van der Waals surface area contributed by atoms with E-state index < -0.39 is 5.97 Å². The van der Waals surface area contributed by atoms with Gasteiger partial charge in [0.15, 0.2) is 11.5 Å². The predicted octanol–water partition coefficient (Wildman–Crippen LogP) is 3.13. The van der Waals surface area contributed by atoms with E-state index in [9.17, 15) is 4.79 Å². The molecular formula is C16H13NO4. The van der Waals surface area contributed by atoms with E-state index >= 15 is 0 Å². The van der Waals surface area contributed by atoms with Crippen LogP contribution in [-0.4, -0.2) is 23.2 Å². The largest absolute Gasteiger partial charge is 0.497 e. The molecule has 0 aliphatic rings. The molecule has 106 valence electrons. The summed E-state index contributed by atoms with van der Waals surface area (Å²) in [6, 6.07) is 12.3. The Morgan fingerprint density at radius 1 is 1.24 bits per heavy atom. The Kier molecular flexibility index (Phi) is 3.31. The van der Waals surface area contributed by atoms with Crippen molar-refractivity contribution >= 4 is 17.1 Å². The Morgan fingerprint density at radius 3 is 2.67 bits per heavy atom. The van der Waals surface area contributed by atoms with E-state index in [4.69, 9.17) is 14.3 Å². The third-order valence-corrected chi connectivity index (χ3v) is 3.19. The molecule has 0 saturated carbocycles. The molecule has 2 aromatic carbocycles. The highest BCUT2D eigenvalue weighted by Crippen LogP contribution is 2.20. The van der Waals surface area contributed by atoms with Crippen LogP contribution in [0, 0.1) is 0 Å². The Labute approximate surface area is 120 Å². The predicted molar refractivity (Wildman–Crippen MR) is 76.8 cm³/mol. The molecule has 3 rings (SSSR count). The van der Waals surface area contributed by atoms with E-state index in [-0.39, 0.29) is 5.56 Å². The summed E-state index contributed by atoms with van der Waals surface area (Å²) in [7, 11) is 1.62. The molecule has 3 aromatic rings. The Morgan fingerprint density at radius 2 is 2.00 bits per heavy atom. The number of aromatic nitrogens is 1. The van der Waals surface area contributed by atoms with Crippen LogP contribution in [0.25, 0.3) is 11.1 Å². The van der Waals surface area contributed by atoms with Crippen LogP contribution in [0.15, 0.2) is 46.9 Å². The molecule has 0 aliphatic heterocycles. The zero-order chi connectivity index (χ0) is 14.8. The number of carbonyl (C=O) groups is 1. The molecule has 1 aromatic heterocycles. The lowest BCUT2D eigenvalue weighted by atomic mass is 10.1. The van der Waals surface area contributed by atoms with Crippen molar-refractivity contribution < 1.29 is 19.1 Å². The number of rotatable bonds is 4. The van der Waals surface area contributed by atoms with Gasteiger partial charge in [-0.25, -0.2) is 9.78 Å². The Bertz CT molecular complexity index is 790. The fourth-order valence-corrected chi connectivity index (χ4v) is 2.10. The zero-order valence-electron chi connectivity index (χ0n) is 11.4. The number of carboxylic acid groups (broad SMARTS) is 1. The van der Waals surface area contributed by atoms with Crippen molar-refractivity contribution in [1.82, 2.24) is 4.98 Å². The summed E-state index contributed by atoms with van der Waals surface area (Å²) in [5, 5.41) is 8.97. The lowest BCUT2D eigenvalue weighted by molar-refractivity contribution is 0.0697. The van der Waals surface area contributed by atoms with Crippen molar-refractivity contribution in [2.24, 2.45) is 0 Å². The van der Waals surface area contributed by atoms with Crippen LogP contribution in [-0.2, 0) is 6.42 Å². The van der Waals surface area contributed by atoms with E-state index in [2.05, 4.69) is 4.98 Å². The quantitative estimate of drug-likeness (QED) is 0.796. The van der Waals surface area contributed by atoms with Gasteiger partial charge in [-0.3, -0.25) is 0 Å². The van der Waals surface area contributed by atoms with Gasteiger partial charge in [-0.15, -0.1) is 0 Å². The van der Waals surface area contributed by atoms with Crippen LogP contribution in [0.4, 0.5) is 0 Å². The maximum absolute atomic E-state index is 10.9. The third-order valence-electron chi connectivity index (χ3n) is 3.19. The molecule has 0 fully saturated rings. The number of benzene rings is 2. The summed E-state index contributed by atoms with van der Waals surface area (Å²) in [6.45, 7) is 0. The highest BCUT2D eigenvalue weighted by molar-refractivity contribution is 5.91. The van der Waals surface area contributed by atoms with Crippen LogP contribution in [0.2, 0.25) is 0 Å². The van der Waals surface area contributed by atoms with Crippen LogP contribution >= 0.6 is 0 Å². The minimum absolute atomic E-state index is 0.201. The first-order valence-corrected chi connectivity index (χ1v) is 6.41. The first-order chi connectivity index (χ1) is 10.2. The van der Waals surface area contributed by atoms with Crippen LogP contribution < -0.4 is 4.74 Å². The van der Waals surface area contributed by atoms with Crippen molar-refractivity contribution in [2.45, 2.75) is 6.42 Å². The summed E-state index contributed by atoms with van der Waals surface area (Å²) in [4.78, 5) is 15.3. The monoisotopic (exact) mass is 283 g/mol. The summed E-state index contributed by atoms with van der Waals surface area (Å²) in [6.07, 6.45) is 0.543. The van der Waals surface area contributed by atoms with Crippen molar-refractivity contribution in [3.8, 4) is 5.75 Å². The van der Waals surface area contributed by atoms with Crippen LogP contribution in [0.3, 0.4) is 0 Å². The van der Waals surface area contributed by atoms with E-state index in [0.717, 1.165) is 11.3 Å². The zero-order valence-corrected chi connectivity index (χ0v) is 11.4. The topological polar surface area (TPSA) is 72.6 Å². The number of ether oxygens (including phenoxy) is 1. The molecule has 0 spiro atoms. The minimum Gasteiger partial charge on any atom is -0.497 e. The molecule has 5 heteroatoms. The molecule has 1 heterocycles. The van der Waals surface area contributed by atoms with Gasteiger partial charge in [-0.2, -0.15) is 0 Å². The van der Waals surface area contributed by atoms with Gasteiger partial charge in [0.25, 0.3) is 0 Å². The van der Waals surface area contributed by atoms with Gasteiger partial charge in [0.05, 0.1) is 12.7 Å². The summed E-state index contributed by atoms with van der Waals surface area (Å²) >= 11 is 0. The molecule has 1 N–H and O–H groups in total. The molecule has 0 bridgehead atoms. The molecular weight excluding hydrogens is 270 g/mol. The standard InChI is InChI=1S/C16H13NO4/c1-20-12-5-2-10(3-6-12)8-15-17-13-9-11(16(18)19)4-7-14(13)21-15/h2-7,9H,8H2,1H3,(H,18,19). The molecule has 0 saturated heterocycles. The number of hydrogen-bond acceptors (Lipinski definition) is 4. The summed E-state index contributed by atoms with van der Waals surface area (Å²) < 4.78 is 10.7. The Hall–Kier alpha value is -2.82. The number of methoxy groups -OCH3 is 1. The van der Waals surface area contributed by atoms with Gasteiger partial charge in [0.1, 0.15) is 11.3 Å². The van der Waals surface area contributed by atoms with Gasteiger partial charge >= 0.3 is 5.97 Å². The van der Waals surface area contributed by atoms with E-state index in [1.165, 1.54) is 12.1 Å².